The molecule has 1 aromatic carbocycles. The maximum atomic E-state index is 11.6. The summed E-state index contributed by atoms with van der Waals surface area (Å²) in [5.74, 6) is -0.438. The van der Waals surface area contributed by atoms with Crippen molar-refractivity contribution in [3.63, 3.8) is 0 Å². The molecule has 0 radical (unpaired) electrons. The minimum absolute atomic E-state index is 0.281. The number of nitrogens with one attached hydrogen (secondary N) is 1. The third kappa shape index (κ3) is 3.98. The van der Waals surface area contributed by atoms with Crippen LogP contribution in [0.1, 0.15) is 17.3 Å². The number of esters is 1. The zero-order chi connectivity index (χ0) is 17.0. The smallest absolute Gasteiger partial charge is 0.338 e. The fourth-order valence-corrected chi connectivity index (χ4v) is 2.30. The Morgan fingerprint density at radius 1 is 1.17 bits per heavy atom. The molecule has 1 saturated heterocycles. The van der Waals surface area contributed by atoms with E-state index in [4.69, 9.17) is 14.6 Å². The Hall–Kier alpha value is -1.71. The number of anilines is 1. The van der Waals surface area contributed by atoms with Gasteiger partial charge in [-0.05, 0) is 31.2 Å². The number of benzene rings is 1. The number of hydrogen-bond acceptors (Lipinski definition) is 8. The van der Waals surface area contributed by atoms with Crippen LogP contribution >= 0.6 is 0 Å². The summed E-state index contributed by atoms with van der Waals surface area (Å²) < 4.78 is 10.2. The number of ether oxygens (including phenoxy) is 2. The molecule has 1 heterocycles. The van der Waals surface area contributed by atoms with E-state index in [1.54, 1.807) is 31.2 Å². The van der Waals surface area contributed by atoms with Gasteiger partial charge in [-0.3, -0.25) is 0 Å². The fourth-order valence-electron chi connectivity index (χ4n) is 2.30. The van der Waals surface area contributed by atoms with Crippen molar-refractivity contribution in [3.8, 4) is 0 Å². The van der Waals surface area contributed by atoms with Crippen LogP contribution in [0.2, 0.25) is 0 Å². The molecule has 5 N–H and O–H groups in total. The highest BCUT2D eigenvalue weighted by Gasteiger charge is 2.43. The Morgan fingerprint density at radius 2 is 1.83 bits per heavy atom. The third-order valence-corrected chi connectivity index (χ3v) is 3.60. The largest absolute Gasteiger partial charge is 0.462 e. The lowest BCUT2D eigenvalue weighted by Crippen LogP contribution is -2.60. The zero-order valence-electron chi connectivity index (χ0n) is 12.6. The van der Waals surface area contributed by atoms with Gasteiger partial charge in [-0.2, -0.15) is 0 Å². The Kier molecular flexibility index (Phi) is 5.91. The summed E-state index contributed by atoms with van der Waals surface area (Å²) in [7, 11) is 0. The zero-order valence-corrected chi connectivity index (χ0v) is 12.6. The van der Waals surface area contributed by atoms with Gasteiger partial charge in [-0.1, -0.05) is 0 Å². The third-order valence-electron chi connectivity index (χ3n) is 3.60. The van der Waals surface area contributed by atoms with Crippen LogP contribution in [-0.2, 0) is 9.47 Å². The van der Waals surface area contributed by atoms with Gasteiger partial charge >= 0.3 is 5.97 Å². The molecule has 1 aliphatic heterocycles. The Morgan fingerprint density at radius 3 is 2.39 bits per heavy atom. The van der Waals surface area contributed by atoms with Crippen LogP contribution in [0.4, 0.5) is 5.69 Å². The van der Waals surface area contributed by atoms with Crippen molar-refractivity contribution in [2.75, 3.05) is 18.5 Å². The molecule has 1 fully saturated rings. The number of aliphatic hydroxyl groups excluding tert-OH is 4. The van der Waals surface area contributed by atoms with Crippen LogP contribution in [0.5, 0.6) is 0 Å². The van der Waals surface area contributed by atoms with Gasteiger partial charge in [0.2, 0.25) is 0 Å². The van der Waals surface area contributed by atoms with Crippen LogP contribution in [0, 0.1) is 0 Å². The summed E-state index contributed by atoms with van der Waals surface area (Å²) >= 11 is 0. The van der Waals surface area contributed by atoms with Crippen LogP contribution < -0.4 is 5.32 Å². The molecule has 1 aromatic rings. The minimum Gasteiger partial charge on any atom is -0.462 e. The first-order chi connectivity index (χ1) is 11.0. The van der Waals surface area contributed by atoms with Crippen molar-refractivity contribution in [1.29, 1.82) is 0 Å². The normalized spacial score (nSPS) is 30.7. The highest BCUT2D eigenvalue weighted by atomic mass is 16.6. The van der Waals surface area contributed by atoms with Crippen molar-refractivity contribution >= 4 is 11.7 Å². The molecule has 0 bridgehead atoms. The van der Waals surface area contributed by atoms with Crippen molar-refractivity contribution < 1.29 is 34.7 Å². The van der Waals surface area contributed by atoms with Gasteiger partial charge in [-0.25, -0.2) is 4.79 Å². The predicted octanol–water partition coefficient (Wildman–Crippen LogP) is -0.925. The predicted molar refractivity (Wildman–Crippen MR) is 79.8 cm³/mol. The molecule has 0 saturated carbocycles. The number of rotatable bonds is 5. The molecule has 8 heteroatoms. The monoisotopic (exact) mass is 327 g/mol. The van der Waals surface area contributed by atoms with E-state index in [1.165, 1.54) is 0 Å². The van der Waals surface area contributed by atoms with Crippen LogP contribution in [0.15, 0.2) is 24.3 Å². The Bertz CT molecular complexity index is 519. The number of hydrogen-bond donors (Lipinski definition) is 5. The van der Waals surface area contributed by atoms with Crippen molar-refractivity contribution in [3.05, 3.63) is 29.8 Å². The number of carbonyl (C=O) groups excluding carboxylic acids is 1. The summed E-state index contributed by atoms with van der Waals surface area (Å²) in [6.07, 6.45) is -6.22. The minimum atomic E-state index is -1.45. The molecule has 2 rings (SSSR count). The molecule has 0 aromatic heterocycles. The molecule has 0 aliphatic carbocycles. The average molecular weight is 327 g/mol. The second-order valence-electron chi connectivity index (χ2n) is 5.19. The lowest BCUT2D eigenvalue weighted by Gasteiger charge is -2.40. The van der Waals surface area contributed by atoms with Crippen LogP contribution in [-0.4, -0.2) is 70.3 Å². The van der Waals surface area contributed by atoms with E-state index in [2.05, 4.69) is 5.32 Å². The van der Waals surface area contributed by atoms with E-state index in [0.717, 1.165) is 0 Å². The summed E-state index contributed by atoms with van der Waals surface area (Å²) in [5, 5.41) is 41.4. The van der Waals surface area contributed by atoms with Gasteiger partial charge in [0, 0.05) is 5.69 Å². The lowest BCUT2D eigenvalue weighted by atomic mass is 9.98. The van der Waals surface area contributed by atoms with E-state index in [0.29, 0.717) is 11.3 Å². The van der Waals surface area contributed by atoms with Crippen molar-refractivity contribution in [1.82, 2.24) is 0 Å². The van der Waals surface area contributed by atoms with Gasteiger partial charge in [0.15, 0.2) is 6.23 Å². The Labute approximate surface area is 133 Å². The Balaban J connectivity index is 2.04. The van der Waals surface area contributed by atoms with Gasteiger partial charge in [0.1, 0.15) is 24.4 Å². The molecule has 8 nitrogen and oxygen atoms in total. The first kappa shape index (κ1) is 17.6. The molecular weight excluding hydrogens is 306 g/mol. The molecule has 0 spiro atoms. The van der Waals surface area contributed by atoms with E-state index in [1.807, 2.05) is 0 Å². The first-order valence-electron chi connectivity index (χ1n) is 7.32. The second-order valence-corrected chi connectivity index (χ2v) is 5.19. The van der Waals surface area contributed by atoms with Crippen LogP contribution in [0.3, 0.4) is 0 Å². The molecular formula is C15H21NO7. The molecule has 23 heavy (non-hydrogen) atoms. The summed E-state index contributed by atoms with van der Waals surface area (Å²) in [6, 6.07) is 6.27. The first-order valence-corrected chi connectivity index (χ1v) is 7.32. The standard InChI is InChI=1S/C15H21NO7/c1-2-22-15(21)8-3-5-9(6-4-8)16-14-13(20)12(19)11(18)10(7-17)23-14/h3-6,10-14,16-20H,2,7H2,1H3/t10?,11-,12?,13?,14-/m1/s1. The van der Waals surface area contributed by atoms with Gasteiger partial charge in [0.25, 0.3) is 0 Å². The SMILES string of the molecule is CCOC(=O)c1ccc(N[C@@H]2OC(CO)[C@@H](O)C(O)C2O)cc1. The number of carbonyl (C=O) groups is 1. The van der Waals surface area contributed by atoms with E-state index in [-0.39, 0.29) is 6.61 Å². The maximum absolute atomic E-state index is 11.6. The van der Waals surface area contributed by atoms with E-state index in [9.17, 15) is 20.1 Å². The fraction of sp³-hybridized carbons (Fsp3) is 0.533. The van der Waals surface area contributed by atoms with E-state index < -0.39 is 43.2 Å². The molecule has 128 valence electrons. The van der Waals surface area contributed by atoms with Crippen LogP contribution in [0.25, 0.3) is 0 Å². The maximum Gasteiger partial charge on any atom is 0.338 e. The van der Waals surface area contributed by atoms with Gasteiger partial charge in [0.05, 0.1) is 18.8 Å². The molecule has 3 unspecified atom stereocenters. The lowest BCUT2D eigenvalue weighted by molar-refractivity contribution is -0.221. The van der Waals surface area contributed by atoms with E-state index >= 15 is 0 Å². The highest BCUT2D eigenvalue weighted by molar-refractivity contribution is 5.89. The topological polar surface area (TPSA) is 128 Å². The highest BCUT2D eigenvalue weighted by Crippen LogP contribution is 2.23. The quantitative estimate of drug-likeness (QED) is 0.439. The second kappa shape index (κ2) is 7.71. The van der Waals surface area contributed by atoms with Gasteiger partial charge in [-0.15, -0.1) is 0 Å². The molecule has 1 aliphatic rings. The molecule has 0 amide bonds. The molecule has 5 atom stereocenters. The van der Waals surface area contributed by atoms with Crippen molar-refractivity contribution in [2.24, 2.45) is 0 Å². The summed E-state index contributed by atoms with van der Waals surface area (Å²) in [4.78, 5) is 11.6. The average Bonchev–Trinajstić information content (AvgIpc) is 2.56. The summed E-state index contributed by atoms with van der Waals surface area (Å²) in [5.41, 5.74) is 0.911. The number of aliphatic hydroxyl groups is 4. The van der Waals surface area contributed by atoms with Gasteiger partial charge < -0.3 is 35.2 Å². The van der Waals surface area contributed by atoms with Crippen molar-refractivity contribution in [2.45, 2.75) is 37.6 Å². The summed E-state index contributed by atoms with van der Waals surface area (Å²) in [6.45, 7) is 1.50.